The Kier molecular flexibility index (Phi) is 5.22. The van der Waals surface area contributed by atoms with Gasteiger partial charge in [0.05, 0.1) is 11.8 Å². The molecular weight excluding hydrogens is 288 g/mol. The summed E-state index contributed by atoms with van der Waals surface area (Å²) >= 11 is 5.95. The number of rotatable bonds is 6. The molecule has 0 unspecified atom stereocenters. The van der Waals surface area contributed by atoms with Crippen molar-refractivity contribution in [3.63, 3.8) is 0 Å². The first-order valence-electron chi connectivity index (χ1n) is 6.86. The predicted octanol–water partition coefficient (Wildman–Crippen LogP) is 2.78. The zero-order chi connectivity index (χ0) is 15.2. The zero-order valence-electron chi connectivity index (χ0n) is 12.2. The summed E-state index contributed by atoms with van der Waals surface area (Å²) < 4.78 is 0. The number of halogens is 1. The molecule has 0 fully saturated rings. The number of hydrogen-bond acceptors (Lipinski definition) is 3. The van der Waals surface area contributed by atoms with Gasteiger partial charge in [0, 0.05) is 30.0 Å². The van der Waals surface area contributed by atoms with E-state index in [0.29, 0.717) is 17.1 Å². The molecule has 0 radical (unpaired) electrons. The minimum Gasteiger partial charge on any atom is -0.387 e. The van der Waals surface area contributed by atoms with Gasteiger partial charge in [0.15, 0.2) is 0 Å². The van der Waals surface area contributed by atoms with Crippen LogP contribution in [-0.2, 0) is 6.42 Å². The molecule has 0 saturated heterocycles. The fourth-order valence-electron chi connectivity index (χ4n) is 2.13. The minimum atomic E-state index is -0.120. The number of carbonyl (C=O) groups is 1. The monoisotopic (exact) mass is 306 g/mol. The second kappa shape index (κ2) is 7.13. The van der Waals surface area contributed by atoms with Crippen LogP contribution in [0.3, 0.4) is 0 Å². The van der Waals surface area contributed by atoms with Gasteiger partial charge in [0.25, 0.3) is 5.91 Å². The molecule has 1 amide bonds. The molecule has 112 valence electrons. The number of H-pyrrole nitrogens is 1. The maximum atomic E-state index is 12.2. The molecule has 0 spiro atoms. The number of benzene rings is 1. The third-order valence-electron chi connectivity index (χ3n) is 3.34. The molecule has 1 aromatic carbocycles. The largest absolute Gasteiger partial charge is 0.387 e. The van der Waals surface area contributed by atoms with Crippen molar-refractivity contribution in [3.8, 4) is 0 Å². The summed E-state index contributed by atoms with van der Waals surface area (Å²) in [6.45, 7) is 2.60. The molecule has 0 aliphatic heterocycles. The quantitative estimate of drug-likeness (QED) is 0.719. The van der Waals surface area contributed by atoms with Gasteiger partial charge in [-0.1, -0.05) is 11.6 Å². The molecule has 2 rings (SSSR count). The van der Waals surface area contributed by atoms with Gasteiger partial charge in [-0.3, -0.25) is 9.89 Å². The van der Waals surface area contributed by atoms with Gasteiger partial charge in [-0.05, 0) is 43.5 Å². The van der Waals surface area contributed by atoms with Crippen molar-refractivity contribution in [3.05, 3.63) is 46.2 Å². The number of anilines is 1. The van der Waals surface area contributed by atoms with Gasteiger partial charge in [-0.2, -0.15) is 5.10 Å². The molecule has 5 nitrogen and oxygen atoms in total. The molecule has 0 bridgehead atoms. The number of aromatic nitrogens is 2. The van der Waals surface area contributed by atoms with Gasteiger partial charge in [-0.15, -0.1) is 0 Å². The zero-order valence-corrected chi connectivity index (χ0v) is 12.9. The highest BCUT2D eigenvalue weighted by Crippen LogP contribution is 2.20. The molecular formula is C15H19ClN4O. The van der Waals surface area contributed by atoms with Gasteiger partial charge in [0.2, 0.25) is 0 Å². The lowest BCUT2D eigenvalue weighted by atomic mass is 10.1. The van der Waals surface area contributed by atoms with Crippen molar-refractivity contribution in [1.82, 2.24) is 15.5 Å². The summed E-state index contributed by atoms with van der Waals surface area (Å²) in [5, 5.41) is 13.3. The van der Waals surface area contributed by atoms with Crippen LogP contribution >= 0.6 is 11.6 Å². The number of nitrogens with zero attached hydrogens (tertiary/aromatic N) is 1. The topological polar surface area (TPSA) is 69.8 Å². The third kappa shape index (κ3) is 3.98. The normalized spacial score (nSPS) is 10.4. The van der Waals surface area contributed by atoms with Crippen LogP contribution < -0.4 is 10.6 Å². The van der Waals surface area contributed by atoms with Crippen molar-refractivity contribution < 1.29 is 4.79 Å². The Morgan fingerprint density at radius 3 is 2.90 bits per heavy atom. The standard InChI is InChI=1S/C15H19ClN4O/c1-10-11(9-19-20-10)4-3-7-18-15(21)13-8-12(16)5-6-14(13)17-2/h5-6,8-9,17H,3-4,7H2,1-2H3,(H,18,21)(H,19,20). The van der Waals surface area contributed by atoms with Crippen molar-refractivity contribution in [1.29, 1.82) is 0 Å². The van der Waals surface area contributed by atoms with Crippen LogP contribution in [-0.4, -0.2) is 29.7 Å². The van der Waals surface area contributed by atoms with Crippen LogP contribution in [0, 0.1) is 6.92 Å². The number of nitrogens with one attached hydrogen (secondary N) is 3. The van der Waals surface area contributed by atoms with Crippen molar-refractivity contribution in [2.75, 3.05) is 18.9 Å². The van der Waals surface area contributed by atoms with Crippen molar-refractivity contribution in [2.45, 2.75) is 19.8 Å². The van der Waals surface area contributed by atoms with E-state index in [1.54, 1.807) is 25.2 Å². The smallest absolute Gasteiger partial charge is 0.253 e. The van der Waals surface area contributed by atoms with E-state index in [1.807, 2.05) is 13.1 Å². The van der Waals surface area contributed by atoms with E-state index in [9.17, 15) is 4.79 Å². The van der Waals surface area contributed by atoms with Crippen LogP contribution in [0.1, 0.15) is 28.0 Å². The first-order chi connectivity index (χ1) is 10.1. The lowest BCUT2D eigenvalue weighted by Crippen LogP contribution is -2.25. The maximum absolute atomic E-state index is 12.2. The first-order valence-corrected chi connectivity index (χ1v) is 7.24. The fourth-order valence-corrected chi connectivity index (χ4v) is 2.30. The van der Waals surface area contributed by atoms with E-state index >= 15 is 0 Å². The second-order valence-electron chi connectivity index (χ2n) is 4.82. The number of aromatic amines is 1. The third-order valence-corrected chi connectivity index (χ3v) is 3.57. The van der Waals surface area contributed by atoms with E-state index in [-0.39, 0.29) is 5.91 Å². The highest BCUT2D eigenvalue weighted by Gasteiger charge is 2.11. The fraction of sp³-hybridized carbons (Fsp3) is 0.333. The van der Waals surface area contributed by atoms with Crippen molar-refractivity contribution >= 4 is 23.2 Å². The summed E-state index contributed by atoms with van der Waals surface area (Å²) in [5.74, 6) is -0.120. The van der Waals surface area contributed by atoms with Crippen LogP contribution in [0.5, 0.6) is 0 Å². The molecule has 21 heavy (non-hydrogen) atoms. The van der Waals surface area contributed by atoms with E-state index in [4.69, 9.17) is 11.6 Å². The lowest BCUT2D eigenvalue weighted by molar-refractivity contribution is 0.0954. The Morgan fingerprint density at radius 1 is 1.43 bits per heavy atom. The number of aryl methyl sites for hydroxylation is 2. The van der Waals surface area contributed by atoms with Gasteiger partial charge < -0.3 is 10.6 Å². The minimum absolute atomic E-state index is 0.120. The molecule has 1 heterocycles. The van der Waals surface area contributed by atoms with E-state index in [2.05, 4.69) is 20.8 Å². The molecule has 0 atom stereocenters. The molecule has 0 aliphatic rings. The Balaban J connectivity index is 1.87. The highest BCUT2D eigenvalue weighted by atomic mass is 35.5. The van der Waals surface area contributed by atoms with Gasteiger partial charge >= 0.3 is 0 Å². The number of carbonyl (C=O) groups excluding carboxylic acids is 1. The second-order valence-corrected chi connectivity index (χ2v) is 5.26. The molecule has 6 heteroatoms. The molecule has 2 aromatic rings. The van der Waals surface area contributed by atoms with Gasteiger partial charge in [-0.25, -0.2) is 0 Å². The Labute approximate surface area is 129 Å². The maximum Gasteiger partial charge on any atom is 0.253 e. The van der Waals surface area contributed by atoms with Crippen molar-refractivity contribution in [2.24, 2.45) is 0 Å². The molecule has 1 aromatic heterocycles. The highest BCUT2D eigenvalue weighted by molar-refractivity contribution is 6.31. The average Bonchev–Trinajstić information content (AvgIpc) is 2.88. The SMILES string of the molecule is CNc1ccc(Cl)cc1C(=O)NCCCc1cn[nH]c1C. The van der Waals surface area contributed by atoms with Gasteiger partial charge in [0.1, 0.15) is 0 Å². The van der Waals surface area contributed by atoms with Crippen LogP contribution in [0.25, 0.3) is 0 Å². The first kappa shape index (κ1) is 15.4. The predicted molar refractivity (Wildman–Crippen MR) is 85.0 cm³/mol. The summed E-state index contributed by atoms with van der Waals surface area (Å²) in [4.78, 5) is 12.2. The molecule has 0 aliphatic carbocycles. The van der Waals surface area contributed by atoms with E-state index in [1.165, 1.54) is 5.56 Å². The number of hydrogen-bond donors (Lipinski definition) is 3. The number of amides is 1. The van der Waals surface area contributed by atoms with Crippen LogP contribution in [0.15, 0.2) is 24.4 Å². The van der Waals surface area contributed by atoms with Crippen LogP contribution in [0.4, 0.5) is 5.69 Å². The lowest BCUT2D eigenvalue weighted by Gasteiger charge is -2.10. The Hall–Kier alpha value is -2.01. The van der Waals surface area contributed by atoms with E-state index in [0.717, 1.165) is 24.2 Å². The Morgan fingerprint density at radius 2 is 2.24 bits per heavy atom. The van der Waals surface area contributed by atoms with Crippen LogP contribution in [0.2, 0.25) is 5.02 Å². The summed E-state index contributed by atoms with van der Waals surface area (Å²) in [6, 6.07) is 5.22. The Bertz CT molecular complexity index is 624. The molecule has 0 saturated carbocycles. The average molecular weight is 307 g/mol. The summed E-state index contributed by atoms with van der Waals surface area (Å²) in [7, 11) is 1.78. The summed E-state index contributed by atoms with van der Waals surface area (Å²) in [5.41, 5.74) is 3.59. The molecule has 3 N–H and O–H groups in total. The van der Waals surface area contributed by atoms with E-state index < -0.39 is 0 Å². The summed E-state index contributed by atoms with van der Waals surface area (Å²) in [6.07, 6.45) is 3.58.